The van der Waals surface area contributed by atoms with E-state index in [9.17, 15) is 15.2 Å². The van der Waals surface area contributed by atoms with Gasteiger partial charge in [-0.15, -0.1) is 0 Å². The number of aliphatic imine (C=N–C) groups is 1. The minimum absolute atomic E-state index is 0.289. The summed E-state index contributed by atoms with van der Waals surface area (Å²) in [4.78, 5) is 19.4. The number of nitro groups is 1. The van der Waals surface area contributed by atoms with E-state index in [1.807, 2.05) is 18.2 Å². The van der Waals surface area contributed by atoms with Crippen molar-refractivity contribution in [3.8, 4) is 17.2 Å². The Morgan fingerprint density at radius 3 is 2.62 bits per heavy atom. The Bertz CT molecular complexity index is 1320. The highest BCUT2D eigenvalue weighted by atomic mass is 16.6. The van der Waals surface area contributed by atoms with Crippen molar-refractivity contribution in [1.82, 2.24) is 4.98 Å². The molecule has 3 aromatic carbocycles. The third-order valence-corrected chi connectivity index (χ3v) is 5.52. The molecule has 1 heterocycles. The third kappa shape index (κ3) is 4.23. The van der Waals surface area contributed by atoms with Crippen LogP contribution in [0.1, 0.15) is 42.9 Å². The van der Waals surface area contributed by atoms with Gasteiger partial charge >= 0.3 is 5.69 Å². The Hall–Kier alpha value is -4.00. The predicted octanol–water partition coefficient (Wildman–Crippen LogP) is 6.68. The van der Waals surface area contributed by atoms with Crippen LogP contribution in [0.5, 0.6) is 5.75 Å². The molecule has 162 valence electrons. The van der Waals surface area contributed by atoms with Gasteiger partial charge in [0.05, 0.1) is 10.6 Å². The maximum atomic E-state index is 11.1. The third-order valence-electron chi connectivity index (χ3n) is 5.52. The molecule has 1 unspecified atom stereocenters. The summed E-state index contributed by atoms with van der Waals surface area (Å²) >= 11 is 0. The molecular formula is C25H23N3O4. The van der Waals surface area contributed by atoms with Crippen molar-refractivity contribution in [2.24, 2.45) is 4.99 Å². The first-order valence-corrected chi connectivity index (χ1v) is 10.4. The first kappa shape index (κ1) is 21.2. The fourth-order valence-corrected chi connectivity index (χ4v) is 3.47. The maximum Gasteiger partial charge on any atom is 0.311 e. The van der Waals surface area contributed by atoms with Crippen LogP contribution in [0.4, 0.5) is 11.4 Å². The zero-order valence-corrected chi connectivity index (χ0v) is 18.1. The molecule has 0 amide bonds. The van der Waals surface area contributed by atoms with Gasteiger partial charge in [0, 0.05) is 23.4 Å². The van der Waals surface area contributed by atoms with Crippen molar-refractivity contribution in [3.63, 3.8) is 0 Å². The second-order valence-electron chi connectivity index (χ2n) is 7.84. The van der Waals surface area contributed by atoms with Crippen LogP contribution in [0.3, 0.4) is 0 Å². The van der Waals surface area contributed by atoms with Crippen molar-refractivity contribution in [2.45, 2.75) is 33.1 Å². The van der Waals surface area contributed by atoms with E-state index in [-0.39, 0.29) is 11.3 Å². The van der Waals surface area contributed by atoms with Crippen molar-refractivity contribution in [1.29, 1.82) is 0 Å². The molecule has 4 rings (SSSR count). The van der Waals surface area contributed by atoms with E-state index in [0.29, 0.717) is 23.1 Å². The summed E-state index contributed by atoms with van der Waals surface area (Å²) in [5.74, 6) is 0.596. The molecule has 1 aromatic heterocycles. The van der Waals surface area contributed by atoms with Gasteiger partial charge < -0.3 is 9.52 Å². The summed E-state index contributed by atoms with van der Waals surface area (Å²) in [6.45, 7) is 6.08. The summed E-state index contributed by atoms with van der Waals surface area (Å²) in [5, 5.41) is 21.2. The summed E-state index contributed by atoms with van der Waals surface area (Å²) in [6.07, 6.45) is 2.48. The number of nitro benzene ring substituents is 1. The van der Waals surface area contributed by atoms with Crippen molar-refractivity contribution >= 4 is 28.7 Å². The van der Waals surface area contributed by atoms with Crippen LogP contribution in [0.25, 0.3) is 22.6 Å². The number of rotatable bonds is 6. The molecule has 32 heavy (non-hydrogen) atoms. The van der Waals surface area contributed by atoms with Crippen molar-refractivity contribution in [2.75, 3.05) is 0 Å². The average molecular weight is 429 g/mol. The number of benzene rings is 3. The minimum Gasteiger partial charge on any atom is -0.502 e. The highest BCUT2D eigenvalue weighted by molar-refractivity contribution is 5.88. The SMILES string of the molecule is CCC(C)c1ccc2oc(-c3ccc(N=Cc4cc(C)cc([N+](=O)[O-])c4O)cc3)nc2c1. The Labute approximate surface area is 185 Å². The number of phenols is 1. The van der Waals surface area contributed by atoms with Crippen LogP contribution < -0.4 is 0 Å². The van der Waals surface area contributed by atoms with Gasteiger partial charge in [-0.1, -0.05) is 19.9 Å². The average Bonchev–Trinajstić information content (AvgIpc) is 3.22. The number of hydrogen-bond acceptors (Lipinski definition) is 6. The highest BCUT2D eigenvalue weighted by Gasteiger charge is 2.17. The van der Waals surface area contributed by atoms with Gasteiger partial charge in [-0.3, -0.25) is 15.1 Å². The van der Waals surface area contributed by atoms with Crippen LogP contribution in [-0.2, 0) is 0 Å². The molecule has 0 radical (unpaired) electrons. The zero-order valence-electron chi connectivity index (χ0n) is 18.1. The molecule has 0 saturated carbocycles. The second kappa shape index (κ2) is 8.63. The smallest absolute Gasteiger partial charge is 0.311 e. The molecular weight excluding hydrogens is 406 g/mol. The van der Waals surface area contributed by atoms with Gasteiger partial charge in [0.15, 0.2) is 5.58 Å². The van der Waals surface area contributed by atoms with E-state index in [4.69, 9.17) is 4.42 Å². The lowest BCUT2D eigenvalue weighted by Gasteiger charge is -2.07. The van der Waals surface area contributed by atoms with Crippen LogP contribution in [0, 0.1) is 17.0 Å². The first-order valence-electron chi connectivity index (χ1n) is 10.4. The number of aryl methyl sites for hydroxylation is 1. The van der Waals surface area contributed by atoms with Gasteiger partial charge in [0.1, 0.15) is 5.52 Å². The number of phenolic OH excluding ortho intramolecular Hbond substituents is 1. The molecule has 1 N–H and O–H groups in total. The minimum atomic E-state index is -0.610. The Morgan fingerprint density at radius 2 is 1.94 bits per heavy atom. The van der Waals surface area contributed by atoms with Crippen LogP contribution >= 0.6 is 0 Å². The quantitative estimate of drug-likeness (QED) is 0.209. The topological polar surface area (TPSA) is 102 Å². The number of fused-ring (bicyclic) bond motifs is 1. The number of aromatic nitrogens is 1. The lowest BCUT2D eigenvalue weighted by molar-refractivity contribution is -0.385. The fraction of sp³-hybridized carbons (Fsp3) is 0.200. The van der Waals surface area contributed by atoms with Gasteiger partial charge in [0.25, 0.3) is 0 Å². The molecule has 0 bridgehead atoms. The summed E-state index contributed by atoms with van der Waals surface area (Å²) < 4.78 is 5.91. The van der Waals surface area contributed by atoms with Crippen LogP contribution in [0.15, 0.2) is 64.0 Å². The van der Waals surface area contributed by atoms with Crippen LogP contribution in [-0.4, -0.2) is 21.2 Å². The first-order chi connectivity index (χ1) is 15.4. The molecule has 0 aliphatic heterocycles. The van der Waals surface area contributed by atoms with Gasteiger partial charge in [-0.2, -0.15) is 0 Å². The van der Waals surface area contributed by atoms with Crippen molar-refractivity contribution in [3.05, 3.63) is 81.4 Å². The van der Waals surface area contributed by atoms with Gasteiger partial charge in [-0.25, -0.2) is 4.98 Å². The number of nitrogens with zero attached hydrogens (tertiary/aromatic N) is 3. The molecule has 1 atom stereocenters. The molecule has 0 saturated heterocycles. The lowest BCUT2D eigenvalue weighted by Crippen LogP contribution is -1.93. The Morgan fingerprint density at radius 1 is 1.19 bits per heavy atom. The zero-order chi connectivity index (χ0) is 22.8. The molecule has 0 fully saturated rings. The second-order valence-corrected chi connectivity index (χ2v) is 7.84. The fourth-order valence-electron chi connectivity index (χ4n) is 3.47. The van der Waals surface area contributed by atoms with Crippen molar-refractivity contribution < 1.29 is 14.4 Å². The molecule has 7 nitrogen and oxygen atoms in total. The van der Waals surface area contributed by atoms with Gasteiger partial charge in [-0.05, 0) is 72.9 Å². The summed E-state index contributed by atoms with van der Waals surface area (Å²) in [5.41, 5.74) is 4.88. The lowest BCUT2D eigenvalue weighted by atomic mass is 9.98. The van der Waals surface area contributed by atoms with E-state index in [1.54, 1.807) is 25.1 Å². The van der Waals surface area contributed by atoms with E-state index in [2.05, 4.69) is 36.0 Å². The summed E-state index contributed by atoms with van der Waals surface area (Å²) in [7, 11) is 0. The molecule has 4 aromatic rings. The van der Waals surface area contributed by atoms with E-state index in [1.165, 1.54) is 17.8 Å². The Kier molecular flexibility index (Phi) is 5.73. The van der Waals surface area contributed by atoms with Gasteiger partial charge in [0.2, 0.25) is 11.6 Å². The maximum absolute atomic E-state index is 11.1. The predicted molar refractivity (Wildman–Crippen MR) is 125 cm³/mol. The molecule has 0 aliphatic carbocycles. The molecule has 0 aliphatic rings. The normalized spacial score (nSPS) is 12.5. The highest BCUT2D eigenvalue weighted by Crippen LogP contribution is 2.31. The van der Waals surface area contributed by atoms with Crippen LogP contribution in [0.2, 0.25) is 0 Å². The molecule has 0 spiro atoms. The summed E-state index contributed by atoms with van der Waals surface area (Å²) in [6, 6.07) is 16.4. The number of oxazole rings is 1. The van der Waals surface area contributed by atoms with E-state index < -0.39 is 10.7 Å². The number of hydrogen-bond donors (Lipinski definition) is 1. The Balaban J connectivity index is 1.58. The van der Waals surface area contributed by atoms with E-state index in [0.717, 1.165) is 23.1 Å². The monoisotopic (exact) mass is 429 g/mol. The number of aromatic hydroxyl groups is 1. The largest absolute Gasteiger partial charge is 0.502 e. The molecule has 7 heteroatoms. The standard InChI is InChI=1S/C25H23N3O4/c1-4-16(3)18-7-10-23-21(13-18)27-25(32-23)17-5-8-20(9-6-17)26-14-19-11-15(2)12-22(24(19)29)28(30)31/h5-14,16,29H,4H2,1-3H3. The van der Waals surface area contributed by atoms with E-state index >= 15 is 0 Å².